The summed E-state index contributed by atoms with van der Waals surface area (Å²) in [6.07, 6.45) is 0.545. The number of carbonyl (C=O) groups is 2. The summed E-state index contributed by atoms with van der Waals surface area (Å²) in [5.41, 5.74) is 0. The molecular formula is C14H18BrNO3S. The first-order chi connectivity index (χ1) is 9.40. The van der Waals surface area contributed by atoms with Gasteiger partial charge in [0.25, 0.3) is 0 Å². The molecule has 1 fully saturated rings. The number of amides is 1. The summed E-state index contributed by atoms with van der Waals surface area (Å²) < 4.78 is 1.02. The molecule has 0 spiro atoms. The number of carboxylic acid groups (broad SMARTS) is 1. The number of piperidine rings is 1. The number of thiophene rings is 1. The first-order valence-electron chi connectivity index (χ1n) is 6.67. The molecule has 1 aliphatic heterocycles. The van der Waals surface area contributed by atoms with Crippen LogP contribution in [0, 0.1) is 11.8 Å². The highest BCUT2D eigenvalue weighted by Gasteiger charge is 2.34. The third-order valence-corrected chi connectivity index (χ3v) is 5.73. The molecule has 0 aromatic carbocycles. The van der Waals surface area contributed by atoms with Gasteiger partial charge in [0.2, 0.25) is 5.91 Å². The predicted octanol–water partition coefficient (Wildman–Crippen LogP) is 3.18. The lowest BCUT2D eigenvalue weighted by Crippen LogP contribution is -2.46. The molecule has 1 aliphatic rings. The predicted molar refractivity (Wildman–Crippen MR) is 81.9 cm³/mol. The van der Waals surface area contributed by atoms with Gasteiger partial charge in [-0.3, -0.25) is 9.59 Å². The standard InChI is InChI=1S/C14H18BrNO3S/c1-8-7-16(6-5-10(8)14(18)19)13(17)9(2)11-3-4-12(15)20-11/h3-4,8-10H,5-7H2,1-2H3,(H,18,19). The number of hydrogen-bond donors (Lipinski definition) is 1. The van der Waals surface area contributed by atoms with E-state index in [1.807, 2.05) is 30.9 Å². The van der Waals surface area contributed by atoms with Crippen LogP contribution in [0.4, 0.5) is 0 Å². The van der Waals surface area contributed by atoms with Crippen LogP contribution in [0.5, 0.6) is 0 Å². The molecule has 20 heavy (non-hydrogen) atoms. The fourth-order valence-electron chi connectivity index (χ4n) is 2.67. The van der Waals surface area contributed by atoms with Gasteiger partial charge < -0.3 is 10.0 Å². The van der Waals surface area contributed by atoms with Crippen LogP contribution >= 0.6 is 27.3 Å². The fourth-order valence-corrected chi connectivity index (χ4v) is 4.14. The molecule has 1 saturated heterocycles. The molecule has 1 N–H and O–H groups in total. The second-order valence-electron chi connectivity index (χ2n) is 5.36. The van der Waals surface area contributed by atoms with E-state index in [9.17, 15) is 9.59 Å². The SMILES string of the molecule is CC(C(=O)N1CCC(C(=O)O)C(C)C1)c1ccc(Br)s1. The summed E-state index contributed by atoms with van der Waals surface area (Å²) in [4.78, 5) is 26.4. The molecule has 1 amide bonds. The number of aliphatic carboxylic acids is 1. The van der Waals surface area contributed by atoms with Gasteiger partial charge in [-0.15, -0.1) is 11.3 Å². The van der Waals surface area contributed by atoms with Crippen molar-refractivity contribution in [2.24, 2.45) is 11.8 Å². The van der Waals surface area contributed by atoms with Crippen molar-refractivity contribution in [3.8, 4) is 0 Å². The zero-order chi connectivity index (χ0) is 14.9. The van der Waals surface area contributed by atoms with E-state index in [-0.39, 0.29) is 23.7 Å². The molecule has 4 nitrogen and oxygen atoms in total. The Balaban J connectivity index is 2.02. The molecule has 6 heteroatoms. The van der Waals surface area contributed by atoms with Crippen molar-refractivity contribution in [2.45, 2.75) is 26.2 Å². The quantitative estimate of drug-likeness (QED) is 0.901. The second kappa shape index (κ2) is 6.26. The summed E-state index contributed by atoms with van der Waals surface area (Å²) in [5.74, 6) is -1.15. The zero-order valence-corrected chi connectivity index (χ0v) is 13.9. The highest BCUT2D eigenvalue weighted by Crippen LogP contribution is 2.31. The molecule has 0 bridgehead atoms. The lowest BCUT2D eigenvalue weighted by Gasteiger charge is -2.36. The topological polar surface area (TPSA) is 57.6 Å². The average Bonchev–Trinajstić information content (AvgIpc) is 2.83. The molecule has 0 radical (unpaired) electrons. The molecule has 3 atom stereocenters. The Kier molecular flexibility index (Phi) is 4.86. The van der Waals surface area contributed by atoms with Crippen molar-refractivity contribution >= 4 is 39.1 Å². The Labute approximate surface area is 130 Å². The van der Waals surface area contributed by atoms with E-state index in [2.05, 4.69) is 15.9 Å². The number of likely N-dealkylation sites (tertiary alicyclic amines) is 1. The molecule has 3 unspecified atom stereocenters. The van der Waals surface area contributed by atoms with Crippen LogP contribution in [0.3, 0.4) is 0 Å². The minimum Gasteiger partial charge on any atom is -0.481 e. The Morgan fingerprint density at radius 1 is 1.50 bits per heavy atom. The average molecular weight is 360 g/mol. The van der Waals surface area contributed by atoms with Gasteiger partial charge in [0.05, 0.1) is 15.6 Å². The lowest BCUT2D eigenvalue weighted by atomic mass is 9.86. The van der Waals surface area contributed by atoms with Crippen molar-refractivity contribution in [3.63, 3.8) is 0 Å². The third kappa shape index (κ3) is 3.23. The Morgan fingerprint density at radius 3 is 2.70 bits per heavy atom. The van der Waals surface area contributed by atoms with Crippen LogP contribution in [0.1, 0.15) is 31.1 Å². The maximum Gasteiger partial charge on any atom is 0.306 e. The van der Waals surface area contributed by atoms with Crippen LogP contribution in [-0.2, 0) is 9.59 Å². The monoisotopic (exact) mass is 359 g/mol. The lowest BCUT2D eigenvalue weighted by molar-refractivity contribution is -0.148. The van der Waals surface area contributed by atoms with Gasteiger partial charge in [-0.1, -0.05) is 6.92 Å². The van der Waals surface area contributed by atoms with Gasteiger partial charge in [-0.2, -0.15) is 0 Å². The number of halogens is 1. The smallest absolute Gasteiger partial charge is 0.306 e. The summed E-state index contributed by atoms with van der Waals surface area (Å²) in [6, 6.07) is 3.91. The highest BCUT2D eigenvalue weighted by molar-refractivity contribution is 9.11. The van der Waals surface area contributed by atoms with Crippen LogP contribution in [0.25, 0.3) is 0 Å². The van der Waals surface area contributed by atoms with Gasteiger partial charge in [0.1, 0.15) is 0 Å². The minimum atomic E-state index is -0.750. The first kappa shape index (κ1) is 15.5. The summed E-state index contributed by atoms with van der Waals surface area (Å²) in [7, 11) is 0. The second-order valence-corrected chi connectivity index (χ2v) is 7.85. The van der Waals surface area contributed by atoms with Crippen molar-refractivity contribution in [3.05, 3.63) is 20.8 Å². The van der Waals surface area contributed by atoms with Crippen LogP contribution in [-0.4, -0.2) is 35.0 Å². The third-order valence-electron chi connectivity index (χ3n) is 3.93. The number of nitrogens with zero attached hydrogens (tertiary/aromatic N) is 1. The first-order valence-corrected chi connectivity index (χ1v) is 8.28. The minimum absolute atomic E-state index is 0.00692. The van der Waals surface area contributed by atoms with Crippen LogP contribution < -0.4 is 0 Å². The van der Waals surface area contributed by atoms with E-state index >= 15 is 0 Å². The summed E-state index contributed by atoms with van der Waals surface area (Å²) in [5, 5.41) is 9.12. The maximum absolute atomic E-state index is 12.5. The van der Waals surface area contributed by atoms with Crippen molar-refractivity contribution in [1.29, 1.82) is 0 Å². The van der Waals surface area contributed by atoms with Gasteiger partial charge in [0, 0.05) is 18.0 Å². The van der Waals surface area contributed by atoms with E-state index in [0.717, 1.165) is 8.66 Å². The largest absolute Gasteiger partial charge is 0.481 e. The van der Waals surface area contributed by atoms with Gasteiger partial charge in [0.15, 0.2) is 0 Å². The maximum atomic E-state index is 12.5. The summed E-state index contributed by atoms with van der Waals surface area (Å²) in [6.45, 7) is 4.89. The number of carboxylic acids is 1. The van der Waals surface area contributed by atoms with E-state index in [4.69, 9.17) is 5.11 Å². The Bertz CT molecular complexity index is 516. The fraction of sp³-hybridized carbons (Fsp3) is 0.571. The zero-order valence-electron chi connectivity index (χ0n) is 11.5. The van der Waals surface area contributed by atoms with Crippen LogP contribution in [0.15, 0.2) is 15.9 Å². The van der Waals surface area contributed by atoms with Crippen molar-refractivity contribution < 1.29 is 14.7 Å². The number of hydrogen-bond acceptors (Lipinski definition) is 3. The van der Waals surface area contributed by atoms with Gasteiger partial charge in [-0.05, 0) is 47.3 Å². The normalized spacial score (nSPS) is 24.4. The number of rotatable bonds is 3. The molecule has 0 saturated carbocycles. The molecular weight excluding hydrogens is 342 g/mol. The van der Waals surface area contributed by atoms with E-state index in [0.29, 0.717) is 19.5 Å². The molecule has 0 aliphatic carbocycles. The molecule has 2 rings (SSSR count). The molecule has 110 valence electrons. The van der Waals surface area contributed by atoms with E-state index in [1.165, 1.54) is 0 Å². The Hall–Kier alpha value is -0.880. The molecule has 1 aromatic rings. The van der Waals surface area contributed by atoms with E-state index in [1.54, 1.807) is 11.3 Å². The van der Waals surface area contributed by atoms with Crippen LogP contribution in [0.2, 0.25) is 0 Å². The van der Waals surface area contributed by atoms with Gasteiger partial charge in [-0.25, -0.2) is 0 Å². The van der Waals surface area contributed by atoms with Crippen molar-refractivity contribution in [1.82, 2.24) is 4.90 Å². The molecule has 2 heterocycles. The number of carbonyl (C=O) groups excluding carboxylic acids is 1. The Morgan fingerprint density at radius 2 is 2.20 bits per heavy atom. The van der Waals surface area contributed by atoms with Crippen molar-refractivity contribution in [2.75, 3.05) is 13.1 Å². The van der Waals surface area contributed by atoms with Gasteiger partial charge >= 0.3 is 5.97 Å². The highest BCUT2D eigenvalue weighted by atomic mass is 79.9. The molecule has 1 aromatic heterocycles. The van der Waals surface area contributed by atoms with E-state index < -0.39 is 5.97 Å². The summed E-state index contributed by atoms with van der Waals surface area (Å²) >= 11 is 4.98.